The summed E-state index contributed by atoms with van der Waals surface area (Å²) < 4.78 is 20.4. The van der Waals surface area contributed by atoms with Gasteiger partial charge in [-0.05, 0) is 98.1 Å². The number of hydrogen-bond donors (Lipinski definition) is 0. The first-order valence-electron chi connectivity index (χ1n) is 11.3. The SMILES string of the molecule is C=C(CC)CCc1cccc(OCC2CCC(c3cc(CC)ccc3F)CC2)c1. The van der Waals surface area contributed by atoms with Gasteiger partial charge < -0.3 is 4.74 Å². The van der Waals surface area contributed by atoms with E-state index in [0.717, 1.165) is 69.3 Å². The van der Waals surface area contributed by atoms with Crippen molar-refractivity contribution in [1.29, 1.82) is 0 Å². The lowest BCUT2D eigenvalue weighted by Crippen LogP contribution is -2.20. The maximum absolute atomic E-state index is 14.3. The molecule has 29 heavy (non-hydrogen) atoms. The highest BCUT2D eigenvalue weighted by atomic mass is 19.1. The Labute approximate surface area is 176 Å². The Hall–Kier alpha value is -2.09. The number of halogens is 1. The van der Waals surface area contributed by atoms with Crippen molar-refractivity contribution < 1.29 is 9.13 Å². The first-order valence-corrected chi connectivity index (χ1v) is 11.3. The van der Waals surface area contributed by atoms with E-state index in [1.54, 1.807) is 6.07 Å². The zero-order valence-corrected chi connectivity index (χ0v) is 18.1. The Balaban J connectivity index is 1.48. The third-order valence-corrected chi connectivity index (χ3v) is 6.41. The first kappa shape index (κ1) is 21.6. The molecule has 1 saturated carbocycles. The lowest BCUT2D eigenvalue weighted by Gasteiger charge is -2.29. The molecule has 3 rings (SSSR count). The molecule has 0 saturated heterocycles. The fourth-order valence-electron chi connectivity index (χ4n) is 4.27. The summed E-state index contributed by atoms with van der Waals surface area (Å²) in [7, 11) is 0. The maximum Gasteiger partial charge on any atom is 0.126 e. The van der Waals surface area contributed by atoms with E-state index >= 15 is 0 Å². The predicted octanol–water partition coefficient (Wildman–Crippen LogP) is 7.64. The molecule has 0 spiro atoms. The molecule has 0 radical (unpaired) electrons. The minimum atomic E-state index is -0.0375. The summed E-state index contributed by atoms with van der Waals surface area (Å²) in [6, 6.07) is 14.1. The lowest BCUT2D eigenvalue weighted by molar-refractivity contribution is 0.199. The zero-order valence-electron chi connectivity index (χ0n) is 18.1. The van der Waals surface area contributed by atoms with Crippen molar-refractivity contribution >= 4 is 0 Å². The van der Waals surface area contributed by atoms with Crippen LogP contribution in [0.3, 0.4) is 0 Å². The second-order valence-electron chi connectivity index (χ2n) is 8.49. The van der Waals surface area contributed by atoms with Crippen molar-refractivity contribution in [2.24, 2.45) is 5.92 Å². The van der Waals surface area contributed by atoms with E-state index in [-0.39, 0.29) is 5.82 Å². The number of benzene rings is 2. The number of rotatable bonds is 9. The smallest absolute Gasteiger partial charge is 0.126 e. The average molecular weight is 395 g/mol. The highest BCUT2D eigenvalue weighted by Gasteiger charge is 2.25. The molecule has 1 nitrogen and oxygen atoms in total. The molecular weight excluding hydrogens is 359 g/mol. The molecule has 0 aromatic heterocycles. The Bertz CT molecular complexity index is 802. The molecule has 0 unspecified atom stereocenters. The van der Waals surface area contributed by atoms with Gasteiger partial charge >= 0.3 is 0 Å². The molecule has 0 heterocycles. The van der Waals surface area contributed by atoms with Crippen LogP contribution in [0.25, 0.3) is 0 Å². The zero-order chi connectivity index (χ0) is 20.6. The summed E-state index contributed by atoms with van der Waals surface area (Å²) in [6.07, 6.45) is 8.40. The van der Waals surface area contributed by atoms with E-state index in [1.165, 1.54) is 16.7 Å². The van der Waals surface area contributed by atoms with Crippen LogP contribution >= 0.6 is 0 Å². The molecule has 156 valence electrons. The fraction of sp³-hybridized carbons (Fsp3) is 0.481. The van der Waals surface area contributed by atoms with E-state index in [4.69, 9.17) is 4.74 Å². The molecule has 0 atom stereocenters. The van der Waals surface area contributed by atoms with Gasteiger partial charge in [0.05, 0.1) is 6.61 Å². The van der Waals surface area contributed by atoms with Crippen molar-refractivity contribution in [2.45, 2.75) is 71.1 Å². The van der Waals surface area contributed by atoms with Crippen LogP contribution in [0.2, 0.25) is 0 Å². The van der Waals surface area contributed by atoms with Gasteiger partial charge in [-0.15, -0.1) is 0 Å². The number of aryl methyl sites for hydroxylation is 2. The van der Waals surface area contributed by atoms with Gasteiger partial charge in [-0.25, -0.2) is 4.39 Å². The standard InChI is InChI=1S/C27H35FO/c1-4-20(3)9-10-22-7-6-8-25(17-22)29-19-23-11-14-24(15-12-23)26-18-21(5-2)13-16-27(26)28/h6-8,13,16-18,23-24H,3-5,9-12,14-15,19H2,1-2H3. The van der Waals surface area contributed by atoms with Crippen LogP contribution in [0, 0.1) is 11.7 Å². The van der Waals surface area contributed by atoms with Gasteiger partial charge in [0.25, 0.3) is 0 Å². The molecular formula is C27H35FO. The van der Waals surface area contributed by atoms with Gasteiger partial charge in [-0.1, -0.05) is 50.3 Å². The summed E-state index contributed by atoms with van der Waals surface area (Å²) in [4.78, 5) is 0. The lowest BCUT2D eigenvalue weighted by atomic mass is 9.78. The normalized spacial score (nSPS) is 19.1. The van der Waals surface area contributed by atoms with Crippen molar-refractivity contribution in [3.05, 3.63) is 77.1 Å². The van der Waals surface area contributed by atoms with Crippen molar-refractivity contribution in [3.8, 4) is 5.75 Å². The molecule has 0 bridgehead atoms. The van der Waals surface area contributed by atoms with Crippen LogP contribution in [-0.4, -0.2) is 6.61 Å². The minimum Gasteiger partial charge on any atom is -0.493 e. The Kier molecular flexibility index (Phi) is 7.91. The van der Waals surface area contributed by atoms with Crippen molar-refractivity contribution in [1.82, 2.24) is 0 Å². The van der Waals surface area contributed by atoms with Crippen LogP contribution in [-0.2, 0) is 12.8 Å². The summed E-state index contributed by atoms with van der Waals surface area (Å²) in [5.74, 6) is 1.85. The van der Waals surface area contributed by atoms with E-state index in [9.17, 15) is 4.39 Å². The molecule has 2 aromatic carbocycles. The Morgan fingerprint density at radius 3 is 2.55 bits per heavy atom. The molecule has 0 aliphatic heterocycles. The van der Waals surface area contributed by atoms with Crippen LogP contribution in [0.4, 0.5) is 4.39 Å². The van der Waals surface area contributed by atoms with Gasteiger partial charge in [0.15, 0.2) is 0 Å². The third-order valence-electron chi connectivity index (χ3n) is 6.41. The molecule has 0 N–H and O–H groups in total. The van der Waals surface area contributed by atoms with E-state index < -0.39 is 0 Å². The maximum atomic E-state index is 14.3. The fourth-order valence-corrected chi connectivity index (χ4v) is 4.27. The molecule has 2 aromatic rings. The number of allylic oxidation sites excluding steroid dienone is 1. The van der Waals surface area contributed by atoms with E-state index in [2.05, 4.69) is 50.8 Å². The van der Waals surface area contributed by atoms with Crippen LogP contribution in [0.15, 0.2) is 54.6 Å². The van der Waals surface area contributed by atoms with Gasteiger partial charge in [-0.2, -0.15) is 0 Å². The minimum absolute atomic E-state index is 0.0375. The quantitative estimate of drug-likeness (QED) is 0.397. The summed E-state index contributed by atoms with van der Waals surface area (Å²) in [5, 5.41) is 0. The van der Waals surface area contributed by atoms with Gasteiger partial charge in [0, 0.05) is 0 Å². The molecule has 1 fully saturated rings. The second-order valence-corrected chi connectivity index (χ2v) is 8.49. The molecule has 1 aliphatic carbocycles. The average Bonchev–Trinajstić information content (AvgIpc) is 2.77. The molecule has 2 heteroatoms. The van der Waals surface area contributed by atoms with Gasteiger partial charge in [0.1, 0.15) is 11.6 Å². The summed E-state index contributed by atoms with van der Waals surface area (Å²) >= 11 is 0. The second kappa shape index (κ2) is 10.6. The summed E-state index contributed by atoms with van der Waals surface area (Å²) in [5.41, 5.74) is 4.76. The third kappa shape index (κ3) is 6.19. The van der Waals surface area contributed by atoms with Crippen LogP contribution in [0.1, 0.15) is 75.0 Å². The van der Waals surface area contributed by atoms with E-state index in [1.807, 2.05) is 6.07 Å². The van der Waals surface area contributed by atoms with E-state index in [0.29, 0.717) is 11.8 Å². The number of ether oxygens (including phenoxy) is 1. The Morgan fingerprint density at radius 2 is 1.83 bits per heavy atom. The van der Waals surface area contributed by atoms with Crippen LogP contribution < -0.4 is 4.74 Å². The highest BCUT2D eigenvalue weighted by Crippen LogP contribution is 2.37. The Morgan fingerprint density at radius 1 is 1.03 bits per heavy atom. The molecule has 0 amide bonds. The first-order chi connectivity index (χ1) is 14.1. The topological polar surface area (TPSA) is 9.23 Å². The van der Waals surface area contributed by atoms with Gasteiger partial charge in [-0.3, -0.25) is 0 Å². The highest BCUT2D eigenvalue weighted by molar-refractivity contribution is 5.30. The van der Waals surface area contributed by atoms with Gasteiger partial charge in [0.2, 0.25) is 0 Å². The van der Waals surface area contributed by atoms with Crippen molar-refractivity contribution in [2.75, 3.05) is 6.61 Å². The summed E-state index contributed by atoms with van der Waals surface area (Å²) in [6.45, 7) is 9.14. The predicted molar refractivity (Wildman–Crippen MR) is 120 cm³/mol. The van der Waals surface area contributed by atoms with Crippen LogP contribution in [0.5, 0.6) is 5.75 Å². The number of hydrogen-bond acceptors (Lipinski definition) is 1. The van der Waals surface area contributed by atoms with Crippen molar-refractivity contribution in [3.63, 3.8) is 0 Å². The largest absolute Gasteiger partial charge is 0.493 e. The molecule has 1 aliphatic rings. The monoisotopic (exact) mass is 394 g/mol.